The number of hydrogen-bond donors (Lipinski definition) is 0. The van der Waals surface area contributed by atoms with Crippen molar-refractivity contribution in [2.45, 2.75) is 12.5 Å². The molecule has 0 unspecified atom stereocenters. The van der Waals surface area contributed by atoms with Crippen molar-refractivity contribution in [1.29, 1.82) is 0 Å². The average Bonchev–Trinajstić information content (AvgIpc) is 3.53. The Bertz CT molecular complexity index is 1420. The van der Waals surface area contributed by atoms with Crippen LogP contribution in [0.15, 0.2) is 77.4 Å². The number of nitrogens with zero attached hydrogens (tertiary/aromatic N) is 3. The maximum atomic E-state index is 12.8. The van der Waals surface area contributed by atoms with Crippen molar-refractivity contribution in [1.82, 2.24) is 14.7 Å². The molecule has 1 amide bonds. The molecule has 0 N–H and O–H groups in total. The van der Waals surface area contributed by atoms with Gasteiger partial charge >= 0.3 is 0 Å². The van der Waals surface area contributed by atoms with Crippen molar-refractivity contribution in [3.05, 3.63) is 78.5 Å². The van der Waals surface area contributed by atoms with Crippen molar-refractivity contribution in [3.8, 4) is 17.1 Å². The van der Waals surface area contributed by atoms with Crippen LogP contribution in [0.5, 0.6) is 0 Å². The standard InChI is InChI=1S/C25H23N3O4S/c1-27(21-13-14-33(30,31)17-21)24(29)12-11-19-16-28(20-8-3-2-4-9-20)26-25(19)23-15-18-7-5-6-10-22(18)32-23/h2-12,15-16,21H,13-14,17H2,1H3/b12-11-/t21-/m1/s1. The highest BCUT2D eigenvalue weighted by molar-refractivity contribution is 7.91. The summed E-state index contributed by atoms with van der Waals surface area (Å²) < 4.78 is 31.3. The third kappa shape index (κ3) is 4.34. The second kappa shape index (κ2) is 8.37. The van der Waals surface area contributed by atoms with E-state index in [0.29, 0.717) is 17.9 Å². The Morgan fingerprint density at radius 1 is 1.15 bits per heavy atom. The summed E-state index contributed by atoms with van der Waals surface area (Å²) in [4.78, 5) is 14.3. The zero-order valence-corrected chi connectivity index (χ0v) is 18.9. The molecule has 168 valence electrons. The van der Waals surface area contributed by atoms with Crippen molar-refractivity contribution >= 4 is 32.8 Å². The molecule has 2 aromatic carbocycles. The summed E-state index contributed by atoms with van der Waals surface area (Å²) in [5, 5.41) is 5.70. The minimum Gasteiger partial charge on any atom is -0.454 e. The first-order valence-corrected chi connectivity index (χ1v) is 12.5. The van der Waals surface area contributed by atoms with Crippen LogP contribution in [0.3, 0.4) is 0 Å². The Hall–Kier alpha value is -3.65. The zero-order chi connectivity index (χ0) is 23.0. The first-order chi connectivity index (χ1) is 15.9. The minimum atomic E-state index is -3.07. The van der Waals surface area contributed by atoms with Crippen molar-refractivity contribution in [2.24, 2.45) is 0 Å². The number of aromatic nitrogens is 2. The highest BCUT2D eigenvalue weighted by atomic mass is 32.2. The molecule has 4 aromatic rings. The van der Waals surface area contributed by atoms with Gasteiger partial charge in [0.05, 0.1) is 17.2 Å². The van der Waals surface area contributed by atoms with E-state index in [1.54, 1.807) is 17.8 Å². The summed E-state index contributed by atoms with van der Waals surface area (Å²) in [6.07, 6.45) is 5.48. The molecule has 2 aromatic heterocycles. The Balaban J connectivity index is 1.49. The van der Waals surface area contributed by atoms with Crippen molar-refractivity contribution in [3.63, 3.8) is 0 Å². The van der Waals surface area contributed by atoms with Gasteiger partial charge in [-0.05, 0) is 36.8 Å². The van der Waals surface area contributed by atoms with Crippen LogP contribution in [0.1, 0.15) is 12.0 Å². The van der Waals surface area contributed by atoms with Crippen molar-refractivity contribution < 1.29 is 17.6 Å². The molecule has 1 aliphatic rings. The van der Waals surface area contributed by atoms with E-state index in [9.17, 15) is 13.2 Å². The Morgan fingerprint density at radius 3 is 2.64 bits per heavy atom. The first-order valence-electron chi connectivity index (χ1n) is 10.7. The molecule has 0 aliphatic carbocycles. The average molecular weight is 462 g/mol. The van der Waals surface area contributed by atoms with E-state index in [1.165, 1.54) is 11.0 Å². The third-order valence-electron chi connectivity index (χ3n) is 5.93. The fourth-order valence-electron chi connectivity index (χ4n) is 4.05. The highest BCUT2D eigenvalue weighted by Gasteiger charge is 2.32. The number of furan rings is 1. The van der Waals surface area contributed by atoms with Crippen LogP contribution >= 0.6 is 0 Å². The maximum Gasteiger partial charge on any atom is 0.246 e. The molecule has 0 spiro atoms. The van der Waals surface area contributed by atoms with Gasteiger partial charge in [0.25, 0.3) is 0 Å². The zero-order valence-electron chi connectivity index (χ0n) is 18.1. The molecule has 3 heterocycles. The number of para-hydroxylation sites is 2. The highest BCUT2D eigenvalue weighted by Crippen LogP contribution is 2.30. The Morgan fingerprint density at radius 2 is 1.91 bits per heavy atom. The van der Waals surface area contributed by atoms with E-state index in [-0.39, 0.29) is 23.5 Å². The lowest BCUT2D eigenvalue weighted by Crippen LogP contribution is -2.36. The summed E-state index contributed by atoms with van der Waals surface area (Å²) in [6.45, 7) is 0. The molecule has 1 saturated heterocycles. The summed E-state index contributed by atoms with van der Waals surface area (Å²) in [7, 11) is -1.42. The van der Waals surface area contributed by atoms with Gasteiger partial charge in [-0.2, -0.15) is 5.10 Å². The van der Waals surface area contributed by atoms with Gasteiger partial charge in [0.2, 0.25) is 5.91 Å². The van der Waals surface area contributed by atoms with Crippen LogP contribution in [-0.4, -0.2) is 53.6 Å². The molecule has 0 saturated carbocycles. The summed E-state index contributed by atoms with van der Waals surface area (Å²) in [5.41, 5.74) is 2.98. The minimum absolute atomic E-state index is 0.0131. The quantitative estimate of drug-likeness (QED) is 0.420. The molecular formula is C25H23N3O4S. The number of hydrogen-bond acceptors (Lipinski definition) is 5. The van der Waals surface area contributed by atoms with Gasteiger partial charge in [-0.15, -0.1) is 0 Å². The number of likely N-dealkylation sites (N-methyl/N-ethyl adjacent to an activating group) is 1. The van der Waals surface area contributed by atoms with E-state index < -0.39 is 9.84 Å². The predicted molar refractivity (Wildman–Crippen MR) is 128 cm³/mol. The van der Waals surface area contributed by atoms with Crippen LogP contribution in [0.25, 0.3) is 34.2 Å². The monoisotopic (exact) mass is 461 g/mol. The Kier molecular flexibility index (Phi) is 5.38. The molecule has 1 atom stereocenters. The van der Waals surface area contributed by atoms with Crippen LogP contribution in [0.4, 0.5) is 0 Å². The lowest BCUT2D eigenvalue weighted by atomic mass is 10.1. The molecule has 8 heteroatoms. The van der Waals surface area contributed by atoms with Crippen LogP contribution in [0, 0.1) is 0 Å². The molecular weight excluding hydrogens is 438 g/mol. The number of amides is 1. The number of benzene rings is 2. The van der Waals surface area contributed by atoms with E-state index in [0.717, 1.165) is 22.2 Å². The third-order valence-corrected chi connectivity index (χ3v) is 7.68. The van der Waals surface area contributed by atoms with E-state index in [4.69, 9.17) is 9.52 Å². The molecule has 0 radical (unpaired) electrons. The van der Waals surface area contributed by atoms with Gasteiger partial charge in [0.15, 0.2) is 15.6 Å². The summed E-state index contributed by atoms with van der Waals surface area (Å²) in [6, 6.07) is 19.1. The van der Waals surface area contributed by atoms with E-state index in [2.05, 4.69) is 0 Å². The predicted octanol–water partition coefficient (Wildman–Crippen LogP) is 3.94. The fraction of sp³-hybridized carbons (Fsp3) is 0.200. The summed E-state index contributed by atoms with van der Waals surface area (Å²) in [5.74, 6) is 0.492. The van der Waals surface area contributed by atoms with Crippen LogP contribution in [-0.2, 0) is 14.6 Å². The molecule has 33 heavy (non-hydrogen) atoms. The summed E-state index contributed by atoms with van der Waals surface area (Å²) >= 11 is 0. The number of carbonyl (C=O) groups is 1. The number of rotatable bonds is 5. The van der Waals surface area contributed by atoms with Gasteiger partial charge in [0, 0.05) is 36.3 Å². The lowest BCUT2D eigenvalue weighted by molar-refractivity contribution is -0.126. The van der Waals surface area contributed by atoms with Crippen LogP contribution in [0.2, 0.25) is 0 Å². The lowest BCUT2D eigenvalue weighted by Gasteiger charge is -2.21. The number of carbonyl (C=O) groups excluding carboxylic acids is 1. The molecule has 1 fully saturated rings. The van der Waals surface area contributed by atoms with Gasteiger partial charge in [-0.25, -0.2) is 13.1 Å². The van der Waals surface area contributed by atoms with Crippen molar-refractivity contribution in [2.75, 3.05) is 18.6 Å². The van der Waals surface area contributed by atoms with Gasteiger partial charge < -0.3 is 9.32 Å². The first kappa shape index (κ1) is 21.2. The molecule has 1 aliphatic heterocycles. The van der Waals surface area contributed by atoms with Crippen LogP contribution < -0.4 is 0 Å². The SMILES string of the molecule is CN(C(=O)/C=C\c1cn(-c2ccccc2)nc1-c1cc2ccccc2o1)[C@@H]1CCS(=O)(=O)C1. The smallest absolute Gasteiger partial charge is 0.246 e. The largest absolute Gasteiger partial charge is 0.454 e. The number of sulfone groups is 1. The molecule has 7 nitrogen and oxygen atoms in total. The topological polar surface area (TPSA) is 85.4 Å². The van der Waals surface area contributed by atoms with Gasteiger partial charge in [-0.1, -0.05) is 36.4 Å². The van der Waals surface area contributed by atoms with E-state index >= 15 is 0 Å². The van der Waals surface area contributed by atoms with Gasteiger partial charge in [-0.3, -0.25) is 4.79 Å². The van der Waals surface area contributed by atoms with E-state index in [1.807, 2.05) is 66.9 Å². The second-order valence-electron chi connectivity index (χ2n) is 8.20. The molecule has 0 bridgehead atoms. The maximum absolute atomic E-state index is 12.8. The molecule has 5 rings (SSSR count). The van der Waals surface area contributed by atoms with Gasteiger partial charge in [0.1, 0.15) is 11.3 Å². The second-order valence-corrected chi connectivity index (χ2v) is 10.4. The fourth-order valence-corrected chi connectivity index (χ4v) is 5.83. The number of fused-ring (bicyclic) bond motifs is 1. The normalized spacial score (nSPS) is 17.7. The Labute approximate surface area is 191 Å².